The highest BCUT2D eigenvalue weighted by molar-refractivity contribution is 7.11. The van der Waals surface area contributed by atoms with E-state index in [-0.39, 0.29) is 6.10 Å². The van der Waals surface area contributed by atoms with Gasteiger partial charge in [0.25, 0.3) is 0 Å². The number of benzene rings is 1. The molecule has 4 nitrogen and oxygen atoms in total. The smallest absolute Gasteiger partial charge is 0.184 e. The van der Waals surface area contributed by atoms with Crippen molar-refractivity contribution in [3.8, 4) is 11.5 Å². The predicted octanol–water partition coefficient (Wildman–Crippen LogP) is 3.02. The summed E-state index contributed by atoms with van der Waals surface area (Å²) >= 11 is 1.48. The minimum atomic E-state index is -0.497. The van der Waals surface area contributed by atoms with Crippen LogP contribution < -0.4 is 9.47 Å². The summed E-state index contributed by atoms with van der Waals surface area (Å²) in [5.41, 5.74) is 0.859. The van der Waals surface area contributed by atoms with Gasteiger partial charge in [-0.05, 0) is 26.0 Å². The van der Waals surface area contributed by atoms with Crippen LogP contribution >= 0.6 is 11.3 Å². The fraction of sp³-hybridized carbons (Fsp3) is 0.357. The van der Waals surface area contributed by atoms with Crippen LogP contribution in [-0.2, 0) is 0 Å². The molecule has 0 bridgehead atoms. The average Bonchev–Trinajstić information content (AvgIpc) is 2.80. The lowest BCUT2D eigenvalue weighted by molar-refractivity contribution is 0.0910. The van der Waals surface area contributed by atoms with E-state index in [9.17, 15) is 5.11 Å². The van der Waals surface area contributed by atoms with Gasteiger partial charge in [-0.1, -0.05) is 12.1 Å². The second kappa shape index (κ2) is 4.83. The third-order valence-corrected chi connectivity index (χ3v) is 4.43. The summed E-state index contributed by atoms with van der Waals surface area (Å²) in [6, 6.07) is 7.61. The highest BCUT2D eigenvalue weighted by atomic mass is 32.1. The number of rotatable bonds is 2. The lowest BCUT2D eigenvalue weighted by Crippen LogP contribution is -2.21. The molecule has 5 heteroatoms. The van der Waals surface area contributed by atoms with Crippen LogP contribution in [0, 0.1) is 6.92 Å². The monoisotopic (exact) mass is 277 g/mol. The molecule has 2 unspecified atom stereocenters. The second-order valence-electron chi connectivity index (χ2n) is 4.54. The Bertz CT molecular complexity index is 594. The molecule has 0 radical (unpaired) electrons. The van der Waals surface area contributed by atoms with Crippen LogP contribution in [0.1, 0.15) is 34.7 Å². The van der Waals surface area contributed by atoms with E-state index >= 15 is 0 Å². The van der Waals surface area contributed by atoms with Crippen LogP contribution in [0.5, 0.6) is 11.5 Å². The summed E-state index contributed by atoms with van der Waals surface area (Å²) in [6.45, 7) is 4.10. The van der Waals surface area contributed by atoms with Crippen molar-refractivity contribution >= 4 is 11.3 Å². The van der Waals surface area contributed by atoms with Gasteiger partial charge in [0.05, 0.1) is 16.7 Å². The zero-order chi connectivity index (χ0) is 13.4. The minimum Gasteiger partial charge on any atom is -0.485 e. The fourth-order valence-corrected chi connectivity index (χ4v) is 3.12. The maximum absolute atomic E-state index is 9.67. The Kier molecular flexibility index (Phi) is 3.16. The van der Waals surface area contributed by atoms with Crippen LogP contribution in [0.15, 0.2) is 24.3 Å². The number of nitrogens with zero attached hydrogens (tertiary/aromatic N) is 1. The molecule has 0 aliphatic carbocycles. The topological polar surface area (TPSA) is 51.6 Å². The number of aromatic nitrogens is 1. The van der Waals surface area contributed by atoms with E-state index in [4.69, 9.17) is 9.47 Å². The molecule has 0 amide bonds. The minimum absolute atomic E-state index is 0.203. The zero-order valence-corrected chi connectivity index (χ0v) is 11.6. The van der Waals surface area contributed by atoms with Crippen molar-refractivity contribution in [2.45, 2.75) is 26.1 Å². The van der Waals surface area contributed by atoms with Gasteiger partial charge in [-0.25, -0.2) is 4.98 Å². The Labute approximate surface area is 115 Å². The van der Waals surface area contributed by atoms with Crippen LogP contribution in [0.2, 0.25) is 0 Å². The largest absolute Gasteiger partial charge is 0.485 e. The zero-order valence-electron chi connectivity index (χ0n) is 10.8. The molecule has 1 aromatic heterocycles. The molecule has 0 spiro atoms. The number of ether oxygens (including phenoxy) is 2. The number of para-hydroxylation sites is 2. The molecule has 0 saturated carbocycles. The first-order valence-corrected chi connectivity index (χ1v) is 7.00. The number of thiazole rings is 1. The van der Waals surface area contributed by atoms with E-state index in [0.29, 0.717) is 6.61 Å². The van der Waals surface area contributed by atoms with E-state index in [1.807, 2.05) is 31.2 Å². The van der Waals surface area contributed by atoms with Crippen molar-refractivity contribution in [3.05, 3.63) is 39.8 Å². The Balaban J connectivity index is 1.87. The summed E-state index contributed by atoms with van der Waals surface area (Å²) in [5.74, 6) is 1.51. The number of hydrogen-bond acceptors (Lipinski definition) is 5. The lowest BCUT2D eigenvalue weighted by Gasteiger charge is -2.24. The third kappa shape index (κ3) is 2.31. The molecular formula is C14H15NO3S. The van der Waals surface area contributed by atoms with E-state index in [2.05, 4.69) is 4.98 Å². The number of hydrogen-bond donors (Lipinski definition) is 1. The molecular weight excluding hydrogens is 262 g/mol. The SMILES string of the molecule is Cc1nc(C2COc3ccccc3O2)sc1C(C)O. The first-order chi connectivity index (χ1) is 9.15. The van der Waals surface area contributed by atoms with Crippen molar-refractivity contribution in [1.29, 1.82) is 0 Å². The normalized spacial score (nSPS) is 19.2. The Morgan fingerprint density at radius 3 is 2.79 bits per heavy atom. The van der Waals surface area contributed by atoms with Gasteiger partial charge >= 0.3 is 0 Å². The standard InChI is InChI=1S/C14H15NO3S/c1-8-13(9(2)16)19-14(15-8)12-7-17-10-5-3-4-6-11(10)18-12/h3-6,9,12,16H,7H2,1-2H3. The van der Waals surface area contributed by atoms with Gasteiger partial charge in [-0.2, -0.15) is 0 Å². The van der Waals surface area contributed by atoms with Gasteiger partial charge in [-0.3, -0.25) is 0 Å². The van der Waals surface area contributed by atoms with Crippen molar-refractivity contribution in [2.75, 3.05) is 6.61 Å². The molecule has 100 valence electrons. The lowest BCUT2D eigenvalue weighted by atomic mass is 10.2. The Morgan fingerprint density at radius 1 is 1.37 bits per heavy atom. The van der Waals surface area contributed by atoms with Gasteiger partial charge in [0, 0.05) is 0 Å². The molecule has 1 aromatic carbocycles. The summed E-state index contributed by atoms with van der Waals surface area (Å²) < 4.78 is 11.6. The summed E-state index contributed by atoms with van der Waals surface area (Å²) in [7, 11) is 0. The van der Waals surface area contributed by atoms with E-state index < -0.39 is 6.10 Å². The first kappa shape index (κ1) is 12.4. The van der Waals surface area contributed by atoms with Crippen LogP contribution in [-0.4, -0.2) is 16.7 Å². The average molecular weight is 277 g/mol. The number of aliphatic hydroxyl groups excluding tert-OH is 1. The van der Waals surface area contributed by atoms with Crippen molar-refractivity contribution in [2.24, 2.45) is 0 Å². The van der Waals surface area contributed by atoms with Gasteiger partial charge in [-0.15, -0.1) is 11.3 Å². The highest BCUT2D eigenvalue weighted by Gasteiger charge is 2.26. The number of aliphatic hydroxyl groups is 1. The van der Waals surface area contributed by atoms with Crippen LogP contribution in [0.4, 0.5) is 0 Å². The second-order valence-corrected chi connectivity index (χ2v) is 5.60. The molecule has 3 rings (SSSR count). The van der Waals surface area contributed by atoms with E-state index in [1.165, 1.54) is 11.3 Å². The van der Waals surface area contributed by atoms with Crippen LogP contribution in [0.25, 0.3) is 0 Å². The summed E-state index contributed by atoms with van der Waals surface area (Å²) in [6.07, 6.45) is -0.700. The van der Waals surface area contributed by atoms with Crippen LogP contribution in [0.3, 0.4) is 0 Å². The first-order valence-electron chi connectivity index (χ1n) is 6.19. The Morgan fingerprint density at radius 2 is 2.11 bits per heavy atom. The molecule has 2 heterocycles. The van der Waals surface area contributed by atoms with E-state index in [0.717, 1.165) is 27.1 Å². The van der Waals surface area contributed by atoms with Gasteiger partial charge < -0.3 is 14.6 Å². The highest BCUT2D eigenvalue weighted by Crippen LogP contribution is 2.38. The van der Waals surface area contributed by atoms with Gasteiger partial charge in [0.15, 0.2) is 17.6 Å². The fourth-order valence-electron chi connectivity index (χ4n) is 2.10. The van der Waals surface area contributed by atoms with Gasteiger partial charge in [0.1, 0.15) is 11.6 Å². The maximum Gasteiger partial charge on any atom is 0.184 e. The Hall–Kier alpha value is -1.59. The molecule has 0 saturated heterocycles. The quantitative estimate of drug-likeness (QED) is 0.916. The summed E-state index contributed by atoms with van der Waals surface area (Å²) in [5, 5.41) is 10.5. The molecule has 1 aliphatic heterocycles. The molecule has 0 fully saturated rings. The van der Waals surface area contributed by atoms with Crippen molar-refractivity contribution < 1.29 is 14.6 Å². The van der Waals surface area contributed by atoms with Crippen molar-refractivity contribution in [1.82, 2.24) is 4.98 Å². The maximum atomic E-state index is 9.67. The molecule has 1 N–H and O–H groups in total. The number of fused-ring (bicyclic) bond motifs is 1. The predicted molar refractivity (Wildman–Crippen MR) is 72.8 cm³/mol. The molecule has 19 heavy (non-hydrogen) atoms. The van der Waals surface area contributed by atoms with E-state index in [1.54, 1.807) is 6.92 Å². The van der Waals surface area contributed by atoms with Gasteiger partial charge in [0.2, 0.25) is 0 Å². The van der Waals surface area contributed by atoms with Crippen molar-refractivity contribution in [3.63, 3.8) is 0 Å². The summed E-state index contributed by atoms with van der Waals surface area (Å²) in [4.78, 5) is 5.37. The molecule has 2 atom stereocenters. The third-order valence-electron chi connectivity index (χ3n) is 3.01. The number of aryl methyl sites for hydroxylation is 1. The molecule has 2 aromatic rings. The molecule has 1 aliphatic rings.